The fourth-order valence-electron chi connectivity index (χ4n) is 4.16. The number of pyridine rings is 1. The molecule has 2 aromatic rings. The third-order valence-corrected chi connectivity index (χ3v) is 5.72. The molecule has 1 aromatic heterocycles. The van der Waals surface area contributed by atoms with Gasteiger partial charge < -0.3 is 14.5 Å². The molecule has 2 fully saturated rings. The van der Waals surface area contributed by atoms with Crippen molar-refractivity contribution in [3.8, 4) is 0 Å². The Labute approximate surface area is 179 Å². The molecule has 0 aliphatic carbocycles. The third-order valence-electron chi connectivity index (χ3n) is 5.72. The van der Waals surface area contributed by atoms with Crippen LogP contribution in [0.4, 0.5) is 5.69 Å². The number of benzene rings is 1. The molecule has 0 bridgehead atoms. The smallest absolute Gasteiger partial charge is 0.254 e. The van der Waals surface area contributed by atoms with Crippen molar-refractivity contribution in [3.05, 3.63) is 59.4 Å². The summed E-state index contributed by atoms with van der Waals surface area (Å²) >= 11 is 0. The summed E-state index contributed by atoms with van der Waals surface area (Å²) in [5.74, 6) is 0.0570. The quantitative estimate of drug-likeness (QED) is 0.708. The Morgan fingerprint density at radius 1 is 1.21 bits per heavy atom. The van der Waals surface area contributed by atoms with Crippen molar-refractivity contribution in [2.45, 2.75) is 45.3 Å². The number of hydrogen-bond donors (Lipinski definition) is 0. The minimum Gasteiger partial charge on any atom is -0.376 e. The number of ether oxygens (including phenoxy) is 1. The molecule has 2 aliphatic rings. The largest absolute Gasteiger partial charge is 0.376 e. The van der Waals surface area contributed by atoms with Gasteiger partial charge in [0, 0.05) is 43.7 Å². The third kappa shape index (κ3) is 5.28. The topological polar surface area (TPSA) is 45.7 Å². The van der Waals surface area contributed by atoms with Gasteiger partial charge in [-0.2, -0.15) is 0 Å². The maximum Gasteiger partial charge on any atom is 0.254 e. The molecule has 2 saturated heterocycles. The van der Waals surface area contributed by atoms with Crippen LogP contribution in [0.25, 0.3) is 0 Å². The van der Waals surface area contributed by atoms with Gasteiger partial charge in [-0.25, -0.2) is 0 Å². The highest BCUT2D eigenvalue weighted by atomic mass is 35.5. The highest BCUT2D eigenvalue weighted by Crippen LogP contribution is 2.26. The molecule has 5 nitrogen and oxygen atoms in total. The summed E-state index contributed by atoms with van der Waals surface area (Å²) in [6, 6.07) is 11.9. The van der Waals surface area contributed by atoms with E-state index in [0.717, 1.165) is 43.8 Å². The molecular weight excluding hydrogens is 386 g/mol. The summed E-state index contributed by atoms with van der Waals surface area (Å²) < 4.78 is 5.81. The second-order valence-corrected chi connectivity index (χ2v) is 7.84. The van der Waals surface area contributed by atoms with Crippen molar-refractivity contribution in [1.82, 2.24) is 9.88 Å². The molecule has 1 atom stereocenters. The molecule has 0 saturated carbocycles. The van der Waals surface area contributed by atoms with Crippen molar-refractivity contribution >= 4 is 24.0 Å². The highest BCUT2D eigenvalue weighted by Gasteiger charge is 2.25. The van der Waals surface area contributed by atoms with Crippen LogP contribution in [-0.2, 0) is 11.3 Å². The van der Waals surface area contributed by atoms with Gasteiger partial charge in [0.15, 0.2) is 0 Å². The predicted molar refractivity (Wildman–Crippen MR) is 118 cm³/mol. The lowest BCUT2D eigenvalue weighted by atomic mass is 10.1. The Morgan fingerprint density at radius 3 is 2.72 bits per heavy atom. The number of rotatable bonds is 6. The molecule has 1 amide bonds. The van der Waals surface area contributed by atoms with Crippen LogP contribution in [-0.4, -0.2) is 48.1 Å². The number of aromatic nitrogens is 1. The highest BCUT2D eigenvalue weighted by molar-refractivity contribution is 5.95. The van der Waals surface area contributed by atoms with E-state index in [1.807, 2.05) is 29.2 Å². The van der Waals surface area contributed by atoms with Crippen LogP contribution in [0.3, 0.4) is 0 Å². The van der Waals surface area contributed by atoms with E-state index in [1.54, 1.807) is 6.20 Å². The zero-order valence-electron chi connectivity index (χ0n) is 17.0. The van der Waals surface area contributed by atoms with Crippen molar-refractivity contribution in [2.24, 2.45) is 0 Å². The van der Waals surface area contributed by atoms with E-state index in [2.05, 4.69) is 28.9 Å². The van der Waals surface area contributed by atoms with Crippen LogP contribution in [0.1, 0.15) is 47.3 Å². The molecule has 0 spiro atoms. The van der Waals surface area contributed by atoms with Crippen LogP contribution < -0.4 is 4.90 Å². The van der Waals surface area contributed by atoms with E-state index in [-0.39, 0.29) is 24.4 Å². The Hall–Kier alpha value is -2.11. The lowest BCUT2D eigenvalue weighted by molar-refractivity contribution is 0.0504. The molecule has 3 heterocycles. The second-order valence-electron chi connectivity index (χ2n) is 7.84. The van der Waals surface area contributed by atoms with Gasteiger partial charge in [-0.15, -0.1) is 12.4 Å². The minimum atomic E-state index is 0. The number of carbonyl (C=O) groups excluding carboxylic acids is 1. The first-order valence-electron chi connectivity index (χ1n) is 10.4. The van der Waals surface area contributed by atoms with Gasteiger partial charge >= 0.3 is 0 Å². The molecule has 6 heteroatoms. The number of amides is 1. The van der Waals surface area contributed by atoms with Crippen molar-refractivity contribution in [1.29, 1.82) is 0 Å². The lowest BCUT2D eigenvalue weighted by Crippen LogP contribution is -2.37. The maximum absolute atomic E-state index is 13.4. The SMILES string of the molecule is Cc1ccc(C(=O)N(Cc2ccccn2)CC2CCCO2)cc1N1CCCC1.Cl. The molecule has 2 aliphatic heterocycles. The zero-order chi connectivity index (χ0) is 19.3. The average Bonchev–Trinajstić information content (AvgIpc) is 3.42. The predicted octanol–water partition coefficient (Wildman–Crippen LogP) is 4.23. The fraction of sp³-hybridized carbons (Fsp3) is 0.478. The summed E-state index contributed by atoms with van der Waals surface area (Å²) in [7, 11) is 0. The average molecular weight is 416 g/mol. The summed E-state index contributed by atoms with van der Waals surface area (Å²) in [5, 5.41) is 0. The van der Waals surface area contributed by atoms with Crippen molar-refractivity contribution in [2.75, 3.05) is 31.1 Å². The number of nitrogens with zero attached hydrogens (tertiary/aromatic N) is 3. The normalized spacial score (nSPS) is 18.5. The van der Waals surface area contributed by atoms with Gasteiger partial charge in [-0.05, 0) is 62.4 Å². The molecule has 0 radical (unpaired) electrons. The minimum absolute atomic E-state index is 0. The first kappa shape index (κ1) is 21.6. The molecule has 4 rings (SSSR count). The van der Waals surface area contributed by atoms with Crippen LogP contribution in [0.15, 0.2) is 42.6 Å². The number of carbonyl (C=O) groups is 1. The molecule has 0 N–H and O–H groups in total. The maximum atomic E-state index is 13.4. The van der Waals surface area contributed by atoms with Crippen LogP contribution in [0, 0.1) is 6.92 Å². The van der Waals surface area contributed by atoms with E-state index in [1.165, 1.54) is 24.1 Å². The van der Waals surface area contributed by atoms with E-state index < -0.39 is 0 Å². The van der Waals surface area contributed by atoms with E-state index in [9.17, 15) is 4.79 Å². The van der Waals surface area contributed by atoms with Gasteiger partial charge in [-0.3, -0.25) is 9.78 Å². The molecule has 1 unspecified atom stereocenters. The van der Waals surface area contributed by atoms with Crippen LogP contribution >= 0.6 is 12.4 Å². The molecular formula is C23H30ClN3O2. The Kier molecular flexibility index (Phi) is 7.51. The van der Waals surface area contributed by atoms with Crippen LogP contribution in [0.5, 0.6) is 0 Å². The Balaban J connectivity index is 0.00000240. The molecule has 156 valence electrons. The molecule has 1 aromatic carbocycles. The van der Waals surface area contributed by atoms with Gasteiger partial charge in [0.1, 0.15) is 0 Å². The first-order valence-corrected chi connectivity index (χ1v) is 10.4. The van der Waals surface area contributed by atoms with Gasteiger partial charge in [0.05, 0.1) is 18.3 Å². The summed E-state index contributed by atoms with van der Waals surface area (Å²) in [4.78, 5) is 22.2. The number of hydrogen-bond acceptors (Lipinski definition) is 4. The fourth-order valence-corrected chi connectivity index (χ4v) is 4.16. The number of halogens is 1. The van der Waals surface area contributed by atoms with Gasteiger partial charge in [0.2, 0.25) is 0 Å². The van der Waals surface area contributed by atoms with E-state index in [0.29, 0.717) is 13.1 Å². The van der Waals surface area contributed by atoms with Crippen LogP contribution in [0.2, 0.25) is 0 Å². The first-order chi connectivity index (χ1) is 13.7. The zero-order valence-corrected chi connectivity index (χ0v) is 17.9. The monoisotopic (exact) mass is 415 g/mol. The lowest BCUT2D eigenvalue weighted by Gasteiger charge is -2.26. The van der Waals surface area contributed by atoms with E-state index in [4.69, 9.17) is 4.74 Å². The summed E-state index contributed by atoms with van der Waals surface area (Å²) in [6.07, 6.45) is 6.43. The summed E-state index contributed by atoms with van der Waals surface area (Å²) in [5.41, 5.74) is 4.08. The molecule has 29 heavy (non-hydrogen) atoms. The van der Waals surface area contributed by atoms with Crippen molar-refractivity contribution in [3.63, 3.8) is 0 Å². The standard InChI is InChI=1S/C23H29N3O2.ClH/c1-18-9-10-19(15-22(18)25-12-4-5-13-25)23(27)26(17-21-8-6-14-28-21)16-20-7-2-3-11-24-20;/h2-3,7,9-11,15,21H,4-6,8,12-14,16-17H2,1H3;1H. The van der Waals surface area contributed by atoms with Gasteiger partial charge in [-0.1, -0.05) is 12.1 Å². The van der Waals surface area contributed by atoms with Crippen molar-refractivity contribution < 1.29 is 9.53 Å². The Morgan fingerprint density at radius 2 is 2.03 bits per heavy atom. The number of aryl methyl sites for hydroxylation is 1. The van der Waals surface area contributed by atoms with Gasteiger partial charge in [0.25, 0.3) is 5.91 Å². The Bertz CT molecular complexity index is 803. The second kappa shape index (κ2) is 10.1. The number of anilines is 1. The summed E-state index contributed by atoms with van der Waals surface area (Å²) in [6.45, 7) is 6.19. The van der Waals surface area contributed by atoms with E-state index >= 15 is 0 Å².